The van der Waals surface area contributed by atoms with Crippen LogP contribution in [0, 0.1) is 11.6 Å². The predicted octanol–water partition coefficient (Wildman–Crippen LogP) is 2.57. The van der Waals surface area contributed by atoms with E-state index in [1.54, 1.807) is 6.92 Å². The Morgan fingerprint density at radius 1 is 1.36 bits per heavy atom. The van der Waals surface area contributed by atoms with Crippen LogP contribution in [0.2, 0.25) is 0 Å². The highest BCUT2D eigenvalue weighted by atomic mass is 19.1. The van der Waals surface area contributed by atoms with E-state index in [2.05, 4.69) is 0 Å². The maximum Gasteiger partial charge on any atom is 0.166 e. The number of ether oxygens (including phenoxy) is 1. The zero-order valence-corrected chi connectivity index (χ0v) is 7.93. The van der Waals surface area contributed by atoms with Crippen LogP contribution in [0.25, 0.3) is 0 Å². The number of carbonyl (C=O) groups is 1. The molecule has 1 aromatic rings. The topological polar surface area (TPSA) is 26.3 Å². The van der Waals surface area contributed by atoms with Crippen LogP contribution < -0.4 is 4.74 Å². The predicted molar refractivity (Wildman–Crippen MR) is 47.5 cm³/mol. The lowest BCUT2D eigenvalue weighted by molar-refractivity contribution is 0.101. The molecule has 1 aromatic carbocycles. The van der Waals surface area contributed by atoms with Gasteiger partial charge in [0, 0.05) is 6.07 Å². The van der Waals surface area contributed by atoms with Gasteiger partial charge in [0.1, 0.15) is 5.82 Å². The molecule has 0 aliphatic carbocycles. The Bertz CT molecular complexity index is 361. The van der Waals surface area contributed by atoms with Crippen LogP contribution in [0.15, 0.2) is 12.1 Å². The number of ketones is 1. The number of rotatable bonds is 3. The van der Waals surface area contributed by atoms with Crippen molar-refractivity contribution in [2.24, 2.45) is 0 Å². The van der Waals surface area contributed by atoms with Gasteiger partial charge in [-0.25, -0.2) is 8.78 Å². The number of hydrogen-bond acceptors (Lipinski definition) is 2. The summed E-state index contributed by atoms with van der Waals surface area (Å²) in [5.74, 6) is -2.17. The fourth-order valence-corrected chi connectivity index (χ4v) is 1.06. The van der Waals surface area contributed by atoms with Crippen LogP contribution in [0.5, 0.6) is 5.75 Å². The first-order valence-corrected chi connectivity index (χ1v) is 4.19. The molecule has 0 spiro atoms. The first-order valence-electron chi connectivity index (χ1n) is 4.19. The minimum absolute atomic E-state index is 0.171. The molecule has 0 saturated heterocycles. The molecule has 76 valence electrons. The van der Waals surface area contributed by atoms with E-state index in [0.29, 0.717) is 0 Å². The maximum absolute atomic E-state index is 13.1. The number of hydrogen-bond donors (Lipinski definition) is 0. The normalized spacial score (nSPS) is 10.0. The van der Waals surface area contributed by atoms with Crippen molar-refractivity contribution >= 4 is 5.78 Å². The van der Waals surface area contributed by atoms with Gasteiger partial charge in [-0.05, 0) is 19.9 Å². The third kappa shape index (κ3) is 2.07. The molecule has 14 heavy (non-hydrogen) atoms. The minimum atomic E-state index is -0.762. The van der Waals surface area contributed by atoms with Gasteiger partial charge in [-0.2, -0.15) is 0 Å². The van der Waals surface area contributed by atoms with E-state index in [-0.39, 0.29) is 17.9 Å². The Hall–Kier alpha value is -1.45. The van der Waals surface area contributed by atoms with Gasteiger partial charge in [-0.3, -0.25) is 4.79 Å². The fraction of sp³-hybridized carbons (Fsp3) is 0.300. The molecule has 0 heterocycles. The zero-order chi connectivity index (χ0) is 10.7. The lowest BCUT2D eigenvalue weighted by atomic mass is 10.1. The monoisotopic (exact) mass is 200 g/mol. The number of benzene rings is 1. The van der Waals surface area contributed by atoms with E-state index >= 15 is 0 Å². The molecule has 0 atom stereocenters. The van der Waals surface area contributed by atoms with Gasteiger partial charge in [0.15, 0.2) is 17.3 Å². The Balaban J connectivity index is 3.17. The van der Waals surface area contributed by atoms with Gasteiger partial charge < -0.3 is 4.74 Å². The molecular formula is C10H10F2O2. The maximum atomic E-state index is 13.1. The molecule has 0 unspecified atom stereocenters. The van der Waals surface area contributed by atoms with E-state index < -0.39 is 17.4 Å². The second kappa shape index (κ2) is 4.17. The molecule has 1 rings (SSSR count). The largest absolute Gasteiger partial charge is 0.491 e. The highest BCUT2D eigenvalue weighted by molar-refractivity contribution is 5.94. The molecule has 0 fully saturated rings. The quantitative estimate of drug-likeness (QED) is 0.701. The van der Waals surface area contributed by atoms with Gasteiger partial charge in [-0.1, -0.05) is 0 Å². The second-order valence-corrected chi connectivity index (χ2v) is 2.75. The van der Waals surface area contributed by atoms with Gasteiger partial charge in [0.05, 0.1) is 12.2 Å². The Morgan fingerprint density at radius 3 is 2.50 bits per heavy atom. The summed E-state index contributed by atoms with van der Waals surface area (Å²) >= 11 is 0. The summed E-state index contributed by atoms with van der Waals surface area (Å²) in [5, 5.41) is 0. The molecule has 0 bridgehead atoms. The molecule has 0 N–H and O–H groups in total. The van der Waals surface area contributed by atoms with Crippen LogP contribution in [-0.4, -0.2) is 12.4 Å². The van der Waals surface area contributed by atoms with Crippen molar-refractivity contribution < 1.29 is 18.3 Å². The van der Waals surface area contributed by atoms with Crippen molar-refractivity contribution in [1.82, 2.24) is 0 Å². The number of halogens is 2. The van der Waals surface area contributed by atoms with Crippen molar-refractivity contribution in [1.29, 1.82) is 0 Å². The molecule has 0 aromatic heterocycles. The van der Waals surface area contributed by atoms with Crippen LogP contribution in [0.3, 0.4) is 0 Å². The number of carbonyl (C=O) groups excluding carboxylic acids is 1. The highest BCUT2D eigenvalue weighted by Crippen LogP contribution is 2.21. The Labute approximate surface area is 80.5 Å². The van der Waals surface area contributed by atoms with Crippen LogP contribution in [0.4, 0.5) is 8.78 Å². The van der Waals surface area contributed by atoms with Crippen LogP contribution >= 0.6 is 0 Å². The third-order valence-corrected chi connectivity index (χ3v) is 1.70. The van der Waals surface area contributed by atoms with Crippen LogP contribution in [-0.2, 0) is 0 Å². The summed E-state index contributed by atoms with van der Waals surface area (Å²) in [7, 11) is 0. The van der Waals surface area contributed by atoms with E-state index in [4.69, 9.17) is 4.74 Å². The van der Waals surface area contributed by atoms with Gasteiger partial charge in [0.25, 0.3) is 0 Å². The summed E-state index contributed by atoms with van der Waals surface area (Å²) in [4.78, 5) is 10.8. The average molecular weight is 200 g/mol. The van der Waals surface area contributed by atoms with Crippen molar-refractivity contribution in [2.45, 2.75) is 13.8 Å². The lowest BCUT2D eigenvalue weighted by Crippen LogP contribution is -2.01. The second-order valence-electron chi connectivity index (χ2n) is 2.75. The van der Waals surface area contributed by atoms with Crippen molar-refractivity contribution in [3.05, 3.63) is 29.3 Å². The third-order valence-electron chi connectivity index (χ3n) is 1.70. The summed E-state index contributed by atoms with van der Waals surface area (Å²) in [6.45, 7) is 3.09. The molecule has 0 radical (unpaired) electrons. The number of Topliss-reactive ketones (excluding diaryl/α,β-unsaturated/α-hetero) is 1. The van der Waals surface area contributed by atoms with Gasteiger partial charge >= 0.3 is 0 Å². The molecule has 0 aliphatic heterocycles. The Morgan fingerprint density at radius 2 is 2.00 bits per heavy atom. The Kier molecular flexibility index (Phi) is 3.17. The summed E-state index contributed by atoms with van der Waals surface area (Å²) in [6.07, 6.45) is 0. The zero-order valence-electron chi connectivity index (χ0n) is 7.93. The fourth-order valence-electron chi connectivity index (χ4n) is 1.06. The molecule has 0 saturated carbocycles. The van der Waals surface area contributed by atoms with E-state index in [1.807, 2.05) is 0 Å². The van der Waals surface area contributed by atoms with E-state index in [9.17, 15) is 13.6 Å². The average Bonchev–Trinajstić information content (AvgIpc) is 2.10. The minimum Gasteiger partial charge on any atom is -0.491 e. The molecule has 2 nitrogen and oxygen atoms in total. The van der Waals surface area contributed by atoms with Crippen molar-refractivity contribution in [2.75, 3.05) is 6.61 Å². The molecular weight excluding hydrogens is 190 g/mol. The van der Waals surface area contributed by atoms with Crippen LogP contribution in [0.1, 0.15) is 24.2 Å². The van der Waals surface area contributed by atoms with Crippen molar-refractivity contribution in [3.8, 4) is 5.75 Å². The highest BCUT2D eigenvalue weighted by Gasteiger charge is 2.13. The first-order chi connectivity index (χ1) is 6.56. The summed E-state index contributed by atoms with van der Waals surface area (Å²) in [6, 6.07) is 1.73. The standard InChI is InChI=1S/C10H10F2O2/c1-3-14-10-5-8(11)7(6(2)13)4-9(10)12/h4-5H,3H2,1-2H3. The lowest BCUT2D eigenvalue weighted by Gasteiger charge is -2.06. The SMILES string of the molecule is CCOc1cc(F)c(C(C)=O)cc1F. The van der Waals surface area contributed by atoms with E-state index in [1.165, 1.54) is 6.92 Å². The summed E-state index contributed by atoms with van der Waals surface area (Å²) < 4.78 is 31.1. The molecule has 0 amide bonds. The van der Waals surface area contributed by atoms with Gasteiger partial charge in [-0.15, -0.1) is 0 Å². The molecule has 0 aliphatic rings. The van der Waals surface area contributed by atoms with Gasteiger partial charge in [0.2, 0.25) is 0 Å². The van der Waals surface area contributed by atoms with Crippen molar-refractivity contribution in [3.63, 3.8) is 0 Å². The molecule has 4 heteroatoms. The first kappa shape index (κ1) is 10.6. The van der Waals surface area contributed by atoms with E-state index in [0.717, 1.165) is 12.1 Å². The smallest absolute Gasteiger partial charge is 0.166 e. The summed E-state index contributed by atoms with van der Waals surface area (Å²) in [5.41, 5.74) is -0.258.